The van der Waals surface area contributed by atoms with Crippen LogP contribution in [0.2, 0.25) is 0 Å². The number of aliphatic hydroxyl groups excluding tert-OH is 3. The summed E-state index contributed by atoms with van der Waals surface area (Å²) >= 11 is 0. The second kappa shape index (κ2) is 20.6. The molecule has 58 heavy (non-hydrogen) atoms. The molecule has 336 valence electrons. The number of carbonyl (C=O) groups excluding carboxylic acids is 4. The Morgan fingerprint density at radius 3 is 2.07 bits per heavy atom. The number of cyclic esters (lactones) is 1. The molecular formula is C42H72O16. The first-order valence-electron chi connectivity index (χ1n) is 20.6. The molecule has 16 nitrogen and oxygen atoms in total. The molecule has 3 saturated heterocycles. The third-order valence-corrected chi connectivity index (χ3v) is 13.1. The summed E-state index contributed by atoms with van der Waals surface area (Å²) in [6.07, 6.45) is -10.8. The maximum Gasteiger partial charge on any atom is 0.311 e. The van der Waals surface area contributed by atoms with Gasteiger partial charge in [0.25, 0.3) is 0 Å². The number of Topliss-reactive ketones (excluding diaryl/α,β-unsaturated/α-hetero) is 2. The topological polar surface area (TPSA) is 223 Å². The van der Waals surface area contributed by atoms with Crippen molar-refractivity contribution in [3.8, 4) is 0 Å². The number of aliphatic hydroxyl groups is 4. The second-order valence-corrected chi connectivity index (χ2v) is 17.9. The maximum absolute atomic E-state index is 14.6. The van der Waals surface area contributed by atoms with Crippen LogP contribution in [0.4, 0.5) is 0 Å². The molecular weight excluding hydrogens is 760 g/mol. The van der Waals surface area contributed by atoms with Gasteiger partial charge in [0.05, 0.1) is 61.2 Å². The molecule has 3 heterocycles. The summed E-state index contributed by atoms with van der Waals surface area (Å²) in [5.74, 6) is -9.45. The van der Waals surface area contributed by atoms with Crippen molar-refractivity contribution in [1.29, 1.82) is 0 Å². The molecule has 0 aromatic rings. The van der Waals surface area contributed by atoms with Crippen molar-refractivity contribution in [3.63, 3.8) is 0 Å². The predicted molar refractivity (Wildman–Crippen MR) is 208 cm³/mol. The van der Waals surface area contributed by atoms with Crippen LogP contribution in [0.15, 0.2) is 0 Å². The Kier molecular flexibility index (Phi) is 17.9. The highest BCUT2D eigenvalue weighted by Gasteiger charge is 2.52. The largest absolute Gasteiger partial charge is 0.469 e. The molecule has 0 spiro atoms. The zero-order valence-electron chi connectivity index (χ0n) is 36.9. The molecule has 3 rings (SSSR count). The van der Waals surface area contributed by atoms with E-state index in [4.69, 9.17) is 37.9 Å². The van der Waals surface area contributed by atoms with Gasteiger partial charge < -0.3 is 58.3 Å². The number of hydrogen-bond donors (Lipinski definition) is 4. The van der Waals surface area contributed by atoms with E-state index in [1.54, 1.807) is 48.5 Å². The van der Waals surface area contributed by atoms with E-state index >= 15 is 0 Å². The van der Waals surface area contributed by atoms with E-state index in [1.165, 1.54) is 42.1 Å². The minimum absolute atomic E-state index is 0.0639. The monoisotopic (exact) mass is 832 g/mol. The Hall–Kier alpha value is -2.12. The average molecular weight is 833 g/mol. The number of methoxy groups -OCH3 is 3. The lowest BCUT2D eigenvalue weighted by molar-refractivity contribution is -0.312. The van der Waals surface area contributed by atoms with Gasteiger partial charge in [-0.1, -0.05) is 34.6 Å². The number of ether oxygens (including phenoxy) is 8. The standard InChI is InChI=1S/C42H72O16/c1-19-17-41(10,50)36(46)24(6)31(39(49)52-13)23(5)34(22(4)28(44)15-20(2)43)57-38(48)26(8)35(56-30-18-42(11,53-14)37(47)27(9)55-30)25(7)33(19)58-40-32(45)29(51-12)16-21(3)54-40/h19,21-35,37,40,44-45,47,50H,15-18H2,1-14H3. The van der Waals surface area contributed by atoms with Crippen molar-refractivity contribution in [2.75, 3.05) is 21.3 Å². The molecule has 0 aromatic heterocycles. The second-order valence-electron chi connectivity index (χ2n) is 17.9. The maximum atomic E-state index is 14.6. The van der Waals surface area contributed by atoms with Crippen molar-refractivity contribution < 1.29 is 77.5 Å². The fraction of sp³-hybridized carbons (Fsp3) is 0.905. The van der Waals surface area contributed by atoms with Crippen LogP contribution in [-0.2, 0) is 57.1 Å². The van der Waals surface area contributed by atoms with E-state index in [-0.39, 0.29) is 31.1 Å². The van der Waals surface area contributed by atoms with Gasteiger partial charge >= 0.3 is 11.9 Å². The Morgan fingerprint density at radius 2 is 1.52 bits per heavy atom. The van der Waals surface area contributed by atoms with Gasteiger partial charge in [-0.3, -0.25) is 19.2 Å². The SMILES string of the molecule is COC(=O)C1C(C)C(=O)C(C)(O)CC(C)C(OC2OC(C)CC(OC)C2O)C(C)C(OC2CC(C)(OC)C(O)C(C)O2)C(C)C(=O)OC(C(C)C(O)CC(C)=O)C1C. The van der Waals surface area contributed by atoms with Gasteiger partial charge in [0.1, 0.15) is 29.7 Å². The lowest BCUT2D eigenvalue weighted by Crippen LogP contribution is -2.58. The fourth-order valence-electron chi connectivity index (χ4n) is 9.42. The summed E-state index contributed by atoms with van der Waals surface area (Å²) in [6, 6.07) is 0. The molecule has 0 aliphatic carbocycles. The van der Waals surface area contributed by atoms with Crippen LogP contribution < -0.4 is 0 Å². The first kappa shape index (κ1) is 50.2. The first-order valence-corrected chi connectivity index (χ1v) is 20.6. The van der Waals surface area contributed by atoms with E-state index < -0.39 is 132 Å². The zero-order valence-corrected chi connectivity index (χ0v) is 36.9. The van der Waals surface area contributed by atoms with Crippen molar-refractivity contribution in [3.05, 3.63) is 0 Å². The molecule has 0 aromatic carbocycles. The van der Waals surface area contributed by atoms with Crippen LogP contribution in [0.1, 0.15) is 102 Å². The van der Waals surface area contributed by atoms with Crippen molar-refractivity contribution in [2.24, 2.45) is 41.4 Å². The molecule has 3 fully saturated rings. The van der Waals surface area contributed by atoms with E-state index in [0.717, 1.165) is 0 Å². The van der Waals surface area contributed by atoms with Crippen LogP contribution in [0, 0.1) is 41.4 Å². The Balaban J connectivity index is 2.27. The Bertz CT molecular complexity index is 1390. The quantitative estimate of drug-likeness (QED) is 0.220. The number of rotatable bonds is 11. The minimum atomic E-state index is -2.04. The van der Waals surface area contributed by atoms with Crippen molar-refractivity contribution in [2.45, 2.75) is 181 Å². The summed E-state index contributed by atoms with van der Waals surface area (Å²) in [6.45, 7) is 17.7. The fourth-order valence-corrected chi connectivity index (χ4v) is 9.42. The summed E-state index contributed by atoms with van der Waals surface area (Å²) < 4.78 is 48.4. The third kappa shape index (κ3) is 11.4. The van der Waals surface area contributed by atoms with Gasteiger partial charge in [-0.05, 0) is 53.9 Å². The number of esters is 2. The van der Waals surface area contributed by atoms with Crippen molar-refractivity contribution >= 4 is 23.5 Å². The summed E-state index contributed by atoms with van der Waals surface area (Å²) in [5.41, 5.74) is -3.14. The van der Waals surface area contributed by atoms with Crippen LogP contribution in [0.25, 0.3) is 0 Å². The van der Waals surface area contributed by atoms with Crippen molar-refractivity contribution in [1.82, 2.24) is 0 Å². The minimum Gasteiger partial charge on any atom is -0.469 e. The lowest BCUT2D eigenvalue weighted by atomic mass is 9.70. The first-order chi connectivity index (χ1) is 26.8. The van der Waals surface area contributed by atoms with E-state index in [2.05, 4.69) is 0 Å². The van der Waals surface area contributed by atoms with Gasteiger partial charge in [0.15, 0.2) is 18.4 Å². The normalized spacial score (nSPS) is 44.7. The van der Waals surface area contributed by atoms with Crippen LogP contribution in [0.5, 0.6) is 0 Å². The molecule has 16 heteroatoms. The molecule has 0 amide bonds. The van der Waals surface area contributed by atoms with Gasteiger partial charge in [-0.2, -0.15) is 0 Å². The predicted octanol–water partition coefficient (Wildman–Crippen LogP) is 2.75. The van der Waals surface area contributed by atoms with Gasteiger partial charge in [-0.15, -0.1) is 0 Å². The van der Waals surface area contributed by atoms with Crippen LogP contribution in [-0.4, -0.2) is 144 Å². The molecule has 20 unspecified atom stereocenters. The Morgan fingerprint density at radius 1 is 0.897 bits per heavy atom. The molecule has 3 aliphatic heterocycles. The highest BCUT2D eigenvalue weighted by Crippen LogP contribution is 2.41. The summed E-state index contributed by atoms with van der Waals surface area (Å²) in [4.78, 5) is 54.8. The number of carbonyl (C=O) groups is 4. The van der Waals surface area contributed by atoms with Crippen LogP contribution >= 0.6 is 0 Å². The zero-order chi connectivity index (χ0) is 44.2. The van der Waals surface area contributed by atoms with Gasteiger partial charge in [0.2, 0.25) is 0 Å². The van der Waals surface area contributed by atoms with Gasteiger partial charge in [-0.25, -0.2) is 0 Å². The number of hydrogen-bond acceptors (Lipinski definition) is 16. The van der Waals surface area contributed by atoms with E-state index in [1.807, 2.05) is 6.92 Å². The third-order valence-electron chi connectivity index (χ3n) is 13.1. The van der Waals surface area contributed by atoms with E-state index in [0.29, 0.717) is 6.42 Å². The molecule has 0 radical (unpaired) electrons. The van der Waals surface area contributed by atoms with Crippen LogP contribution in [0.3, 0.4) is 0 Å². The molecule has 3 aliphatic rings. The lowest BCUT2D eigenvalue weighted by Gasteiger charge is -2.47. The highest BCUT2D eigenvalue weighted by atomic mass is 16.7. The molecule has 0 bridgehead atoms. The average Bonchev–Trinajstić information content (AvgIpc) is 3.15. The Labute approximate surface area is 343 Å². The summed E-state index contributed by atoms with van der Waals surface area (Å²) in [7, 11) is 4.11. The highest BCUT2D eigenvalue weighted by molar-refractivity contribution is 5.92. The molecule has 0 saturated carbocycles. The van der Waals surface area contributed by atoms with Gasteiger partial charge in [0, 0.05) is 57.2 Å². The number of ketones is 2. The van der Waals surface area contributed by atoms with E-state index in [9.17, 15) is 39.6 Å². The summed E-state index contributed by atoms with van der Waals surface area (Å²) in [5, 5.41) is 45.6. The molecule has 20 atom stereocenters. The molecule has 4 N–H and O–H groups in total. The smallest absolute Gasteiger partial charge is 0.311 e.